The predicted molar refractivity (Wildman–Crippen MR) is 158 cm³/mol. The van der Waals surface area contributed by atoms with Gasteiger partial charge in [-0.05, 0) is 60.5 Å². The van der Waals surface area contributed by atoms with Crippen LogP contribution in [0.25, 0.3) is 11.1 Å². The molecule has 0 spiro atoms. The molecule has 0 aliphatic carbocycles. The summed E-state index contributed by atoms with van der Waals surface area (Å²) in [6, 6.07) is 18.4. The number of amidine groups is 1. The fourth-order valence-corrected chi connectivity index (χ4v) is 4.66. The van der Waals surface area contributed by atoms with E-state index in [0.717, 1.165) is 28.6 Å². The molecule has 0 saturated heterocycles. The Morgan fingerprint density at radius 2 is 1.90 bits per heavy atom. The molecule has 200 valence electrons. The van der Waals surface area contributed by atoms with Gasteiger partial charge in [0.25, 0.3) is 0 Å². The van der Waals surface area contributed by atoms with Gasteiger partial charge in [0.15, 0.2) is 5.15 Å². The predicted octanol–water partition coefficient (Wildman–Crippen LogP) is 6.71. The van der Waals surface area contributed by atoms with Gasteiger partial charge < -0.3 is 10.1 Å². The van der Waals surface area contributed by atoms with Crippen LogP contribution in [0, 0.1) is 6.92 Å². The summed E-state index contributed by atoms with van der Waals surface area (Å²) < 4.78 is 31.7. The lowest BCUT2D eigenvalue weighted by atomic mass is 9.99. The minimum Gasteiger partial charge on any atom is -0.486 e. The Labute approximate surface area is 237 Å². The molecule has 0 fully saturated rings. The van der Waals surface area contributed by atoms with Gasteiger partial charge in [0.05, 0.1) is 22.7 Å². The van der Waals surface area contributed by atoms with E-state index in [4.69, 9.17) is 27.9 Å². The standard InChI is InChI=1S/C28H25Cl2N5O3S/c1-4-31-28(34-21-10-11-26(24(29)15-21)38-17-22-7-5-6-12-32-22)23-13-19(9-8-18(23)2)20-14-25(27(30)33-16-20)35-39(3,36)37/h4-16,35H,1,17H2,2-3H3,(H,31,34). The maximum Gasteiger partial charge on any atom is 0.229 e. The van der Waals surface area contributed by atoms with Gasteiger partial charge in [0, 0.05) is 35.4 Å². The van der Waals surface area contributed by atoms with Gasteiger partial charge in [0.2, 0.25) is 10.0 Å². The van der Waals surface area contributed by atoms with Crippen molar-refractivity contribution in [1.29, 1.82) is 0 Å². The summed E-state index contributed by atoms with van der Waals surface area (Å²) in [5.74, 6) is 1.07. The van der Waals surface area contributed by atoms with Gasteiger partial charge in [-0.1, -0.05) is 48.0 Å². The largest absolute Gasteiger partial charge is 0.486 e. The van der Waals surface area contributed by atoms with E-state index in [1.54, 1.807) is 30.6 Å². The molecule has 0 atom stereocenters. The molecule has 2 aromatic carbocycles. The zero-order valence-electron chi connectivity index (χ0n) is 21.2. The van der Waals surface area contributed by atoms with Crippen LogP contribution in [-0.4, -0.2) is 30.5 Å². The molecular weight excluding hydrogens is 557 g/mol. The first-order chi connectivity index (χ1) is 18.6. The summed E-state index contributed by atoms with van der Waals surface area (Å²) in [4.78, 5) is 12.8. The summed E-state index contributed by atoms with van der Waals surface area (Å²) in [7, 11) is -3.53. The van der Waals surface area contributed by atoms with Crippen LogP contribution in [0.4, 0.5) is 11.4 Å². The zero-order valence-corrected chi connectivity index (χ0v) is 23.5. The molecule has 2 N–H and O–H groups in total. The van der Waals surface area contributed by atoms with Crippen molar-refractivity contribution < 1.29 is 13.2 Å². The summed E-state index contributed by atoms with van der Waals surface area (Å²) >= 11 is 12.6. The van der Waals surface area contributed by atoms with Crippen molar-refractivity contribution in [2.45, 2.75) is 13.5 Å². The first kappa shape index (κ1) is 28.1. The number of nitrogens with one attached hydrogen (secondary N) is 2. The molecule has 0 radical (unpaired) electrons. The number of aromatic nitrogens is 2. The fraction of sp³-hybridized carbons (Fsp3) is 0.107. The van der Waals surface area contributed by atoms with Gasteiger partial charge in [-0.3, -0.25) is 9.71 Å². The number of nitrogens with zero attached hydrogens (tertiary/aromatic N) is 3. The normalized spacial score (nSPS) is 11.6. The van der Waals surface area contributed by atoms with Crippen molar-refractivity contribution in [2.24, 2.45) is 4.99 Å². The second-order valence-electron chi connectivity index (χ2n) is 8.51. The van der Waals surface area contributed by atoms with Crippen LogP contribution < -0.4 is 14.8 Å². The van der Waals surface area contributed by atoms with Gasteiger partial charge >= 0.3 is 0 Å². The molecular formula is C28H25Cl2N5O3S. The number of hydrogen-bond acceptors (Lipinski definition) is 6. The third-order valence-electron chi connectivity index (χ3n) is 5.48. The molecule has 0 aliphatic rings. The molecule has 39 heavy (non-hydrogen) atoms. The van der Waals surface area contributed by atoms with Crippen LogP contribution in [0.5, 0.6) is 5.75 Å². The monoisotopic (exact) mass is 581 g/mol. The van der Waals surface area contributed by atoms with Gasteiger partial charge in [-0.15, -0.1) is 0 Å². The number of aryl methyl sites for hydroxylation is 1. The van der Waals surface area contributed by atoms with E-state index in [9.17, 15) is 8.42 Å². The highest BCUT2D eigenvalue weighted by atomic mass is 35.5. The van der Waals surface area contributed by atoms with Crippen LogP contribution in [0.2, 0.25) is 10.2 Å². The van der Waals surface area contributed by atoms with Crippen molar-refractivity contribution >= 4 is 50.4 Å². The molecule has 0 amide bonds. The number of benzene rings is 2. The molecule has 2 heterocycles. The molecule has 0 aliphatic heterocycles. The summed E-state index contributed by atoms with van der Waals surface area (Å²) in [5.41, 5.74) is 4.88. The number of pyridine rings is 2. The lowest BCUT2D eigenvalue weighted by Gasteiger charge is -2.15. The first-order valence-electron chi connectivity index (χ1n) is 11.7. The number of sulfonamides is 1. The smallest absolute Gasteiger partial charge is 0.229 e. The van der Waals surface area contributed by atoms with Crippen LogP contribution in [0.3, 0.4) is 0 Å². The zero-order chi connectivity index (χ0) is 28.0. The van der Waals surface area contributed by atoms with Crippen LogP contribution in [-0.2, 0) is 16.6 Å². The van der Waals surface area contributed by atoms with Crippen LogP contribution >= 0.6 is 23.2 Å². The molecule has 2 aromatic heterocycles. The van der Waals surface area contributed by atoms with Gasteiger partial charge in [0.1, 0.15) is 18.2 Å². The van der Waals surface area contributed by atoms with E-state index < -0.39 is 10.0 Å². The highest BCUT2D eigenvalue weighted by molar-refractivity contribution is 7.92. The van der Waals surface area contributed by atoms with E-state index >= 15 is 0 Å². The SMILES string of the molecule is C=CN=C(Nc1ccc(OCc2ccccn2)c(Cl)c1)c1cc(-c2cnc(Cl)c(NS(C)(=O)=O)c2)ccc1C. The first-order valence-corrected chi connectivity index (χ1v) is 14.3. The Morgan fingerprint density at radius 1 is 1.08 bits per heavy atom. The van der Waals surface area contributed by atoms with E-state index in [0.29, 0.717) is 34.5 Å². The van der Waals surface area contributed by atoms with E-state index in [2.05, 4.69) is 31.6 Å². The lowest BCUT2D eigenvalue weighted by molar-refractivity contribution is 0.301. The molecule has 11 heteroatoms. The average molecular weight is 583 g/mol. The Balaban J connectivity index is 1.59. The molecule has 0 unspecified atom stereocenters. The lowest BCUT2D eigenvalue weighted by Crippen LogP contribution is -2.15. The number of anilines is 2. The fourth-order valence-electron chi connectivity index (χ4n) is 3.66. The molecule has 8 nitrogen and oxygen atoms in total. The minimum atomic E-state index is -3.53. The van der Waals surface area contributed by atoms with Crippen molar-refractivity contribution in [3.63, 3.8) is 0 Å². The Bertz CT molecular complexity index is 1640. The van der Waals surface area contributed by atoms with E-state index in [1.165, 1.54) is 6.20 Å². The third-order valence-corrected chi connectivity index (χ3v) is 6.66. The number of ether oxygens (including phenoxy) is 1. The molecule has 0 saturated carbocycles. The summed E-state index contributed by atoms with van der Waals surface area (Å²) in [5, 5.41) is 3.79. The van der Waals surface area contributed by atoms with Crippen molar-refractivity contribution in [3.05, 3.63) is 113 Å². The Hall–Kier alpha value is -3.92. The highest BCUT2D eigenvalue weighted by Crippen LogP contribution is 2.31. The average Bonchev–Trinajstić information content (AvgIpc) is 2.89. The topological polar surface area (TPSA) is 106 Å². The highest BCUT2D eigenvalue weighted by Gasteiger charge is 2.14. The number of rotatable bonds is 9. The summed E-state index contributed by atoms with van der Waals surface area (Å²) in [6.45, 7) is 6.00. The third kappa shape index (κ3) is 7.57. The number of hydrogen-bond donors (Lipinski definition) is 2. The Kier molecular flexibility index (Phi) is 8.86. The summed E-state index contributed by atoms with van der Waals surface area (Å²) in [6.07, 6.45) is 5.78. The number of halogens is 2. The maximum atomic E-state index is 11.7. The van der Waals surface area contributed by atoms with Gasteiger partial charge in [-0.2, -0.15) is 0 Å². The maximum absolute atomic E-state index is 11.7. The second-order valence-corrected chi connectivity index (χ2v) is 11.0. The minimum absolute atomic E-state index is 0.0522. The second kappa shape index (κ2) is 12.3. The quantitative estimate of drug-likeness (QED) is 0.129. The van der Waals surface area contributed by atoms with Crippen molar-refractivity contribution in [1.82, 2.24) is 9.97 Å². The molecule has 4 aromatic rings. The Morgan fingerprint density at radius 3 is 2.59 bits per heavy atom. The van der Waals surface area contributed by atoms with Crippen molar-refractivity contribution in [3.8, 4) is 16.9 Å². The van der Waals surface area contributed by atoms with Crippen LogP contribution in [0.15, 0.2) is 90.8 Å². The van der Waals surface area contributed by atoms with E-state index in [-0.39, 0.29) is 10.8 Å². The van der Waals surface area contributed by atoms with Gasteiger partial charge in [-0.25, -0.2) is 18.4 Å². The van der Waals surface area contributed by atoms with E-state index in [1.807, 2.05) is 49.4 Å². The molecule has 4 rings (SSSR count). The van der Waals surface area contributed by atoms with Crippen molar-refractivity contribution in [2.75, 3.05) is 16.3 Å². The molecule has 0 bridgehead atoms. The number of aliphatic imine (C=N–C) groups is 1. The van der Waals surface area contributed by atoms with Crippen LogP contribution in [0.1, 0.15) is 16.8 Å².